The Morgan fingerprint density at radius 3 is 2.75 bits per heavy atom. The molecular weight excluding hydrogens is 250 g/mol. The Balaban J connectivity index is 1.84. The van der Waals surface area contributed by atoms with Crippen molar-refractivity contribution in [2.24, 2.45) is 0 Å². The summed E-state index contributed by atoms with van der Waals surface area (Å²) in [5.74, 6) is 0. The van der Waals surface area contributed by atoms with Crippen LogP contribution in [0.25, 0.3) is 0 Å². The lowest BCUT2D eigenvalue weighted by atomic mass is 10.1. The minimum atomic E-state index is -0.447. The lowest BCUT2D eigenvalue weighted by Gasteiger charge is -2.29. The highest BCUT2D eigenvalue weighted by Gasteiger charge is 2.24. The topological polar surface area (TPSA) is 52.7 Å². The van der Waals surface area contributed by atoms with Crippen molar-refractivity contribution in [1.29, 1.82) is 0 Å². The predicted octanol–water partition coefficient (Wildman–Crippen LogP) is 1.72. The Morgan fingerprint density at radius 2 is 2.10 bits per heavy atom. The monoisotopic (exact) mass is 277 g/mol. The molecule has 112 valence electrons. The standard InChI is InChI=1S/C16H27N3O/c1-3-19-10-4-5-15(19)11-18(2)12-16(20)13-6-8-14(17)9-7-13/h6-9,15-16,20H,3-5,10-12,17H2,1-2H3. The molecule has 1 aliphatic heterocycles. The van der Waals surface area contributed by atoms with Gasteiger partial charge in [-0.3, -0.25) is 4.90 Å². The van der Waals surface area contributed by atoms with Crippen molar-refractivity contribution in [3.63, 3.8) is 0 Å². The van der Waals surface area contributed by atoms with Crippen molar-refractivity contribution in [2.45, 2.75) is 31.9 Å². The molecule has 3 N–H and O–H groups in total. The molecule has 20 heavy (non-hydrogen) atoms. The number of likely N-dealkylation sites (N-methyl/N-ethyl adjacent to an activating group) is 2. The van der Waals surface area contributed by atoms with Crippen LogP contribution in [-0.2, 0) is 0 Å². The maximum absolute atomic E-state index is 10.3. The molecule has 4 heteroatoms. The summed E-state index contributed by atoms with van der Waals surface area (Å²) in [7, 11) is 2.09. The van der Waals surface area contributed by atoms with Gasteiger partial charge in [-0.05, 0) is 50.7 Å². The van der Waals surface area contributed by atoms with E-state index in [2.05, 4.69) is 23.8 Å². The molecule has 0 aliphatic carbocycles. The second-order valence-electron chi connectivity index (χ2n) is 5.83. The fourth-order valence-corrected chi connectivity index (χ4v) is 3.07. The predicted molar refractivity (Wildman–Crippen MR) is 83.6 cm³/mol. The first kappa shape index (κ1) is 15.3. The first-order chi connectivity index (χ1) is 9.60. The number of aliphatic hydroxyl groups is 1. The van der Waals surface area contributed by atoms with Gasteiger partial charge in [0.15, 0.2) is 0 Å². The van der Waals surface area contributed by atoms with Crippen molar-refractivity contribution < 1.29 is 5.11 Å². The van der Waals surface area contributed by atoms with Gasteiger partial charge in [0.2, 0.25) is 0 Å². The molecular formula is C16H27N3O. The molecule has 2 rings (SSSR count). The molecule has 1 saturated heterocycles. The van der Waals surface area contributed by atoms with E-state index < -0.39 is 6.10 Å². The summed E-state index contributed by atoms with van der Waals surface area (Å²) in [6, 6.07) is 8.13. The van der Waals surface area contributed by atoms with Crippen molar-refractivity contribution >= 4 is 5.69 Å². The van der Waals surface area contributed by atoms with Crippen molar-refractivity contribution in [3.8, 4) is 0 Å². The van der Waals surface area contributed by atoms with Gasteiger partial charge in [0.25, 0.3) is 0 Å². The minimum Gasteiger partial charge on any atom is -0.399 e. The van der Waals surface area contributed by atoms with Gasteiger partial charge >= 0.3 is 0 Å². The molecule has 1 heterocycles. The zero-order valence-corrected chi connectivity index (χ0v) is 12.6. The van der Waals surface area contributed by atoms with E-state index in [1.54, 1.807) is 0 Å². The van der Waals surface area contributed by atoms with E-state index in [-0.39, 0.29) is 0 Å². The molecule has 1 aromatic rings. The molecule has 0 bridgehead atoms. The molecule has 0 aromatic heterocycles. The van der Waals surface area contributed by atoms with Gasteiger partial charge in [0, 0.05) is 24.8 Å². The smallest absolute Gasteiger partial charge is 0.0916 e. The van der Waals surface area contributed by atoms with E-state index in [0.29, 0.717) is 12.6 Å². The van der Waals surface area contributed by atoms with Gasteiger partial charge in [0.1, 0.15) is 0 Å². The normalized spacial score (nSPS) is 21.5. The number of benzene rings is 1. The molecule has 1 fully saturated rings. The molecule has 1 aliphatic rings. The molecule has 0 spiro atoms. The van der Waals surface area contributed by atoms with Crippen LogP contribution in [0.5, 0.6) is 0 Å². The largest absolute Gasteiger partial charge is 0.399 e. The fourth-order valence-electron chi connectivity index (χ4n) is 3.07. The van der Waals surface area contributed by atoms with Gasteiger partial charge < -0.3 is 15.7 Å². The van der Waals surface area contributed by atoms with E-state index in [1.807, 2.05) is 24.3 Å². The summed E-state index contributed by atoms with van der Waals surface area (Å²) in [6.45, 7) is 6.26. The number of nitrogen functional groups attached to an aromatic ring is 1. The van der Waals surface area contributed by atoms with Crippen LogP contribution >= 0.6 is 0 Å². The Morgan fingerprint density at radius 1 is 1.40 bits per heavy atom. The van der Waals surface area contributed by atoms with Crippen LogP contribution in [-0.4, -0.2) is 54.2 Å². The maximum Gasteiger partial charge on any atom is 0.0916 e. The highest BCUT2D eigenvalue weighted by molar-refractivity contribution is 5.39. The first-order valence-corrected chi connectivity index (χ1v) is 7.56. The fraction of sp³-hybridized carbons (Fsp3) is 0.625. The third-order valence-corrected chi connectivity index (χ3v) is 4.23. The zero-order chi connectivity index (χ0) is 14.5. The molecule has 2 atom stereocenters. The van der Waals surface area contributed by atoms with Crippen LogP contribution in [0, 0.1) is 0 Å². The second-order valence-corrected chi connectivity index (χ2v) is 5.83. The van der Waals surface area contributed by atoms with E-state index >= 15 is 0 Å². The first-order valence-electron chi connectivity index (χ1n) is 7.56. The van der Waals surface area contributed by atoms with E-state index in [4.69, 9.17) is 5.73 Å². The quantitative estimate of drug-likeness (QED) is 0.777. The Hall–Kier alpha value is -1.10. The van der Waals surface area contributed by atoms with Crippen molar-refractivity contribution in [2.75, 3.05) is 39.0 Å². The van der Waals surface area contributed by atoms with Crippen LogP contribution < -0.4 is 5.73 Å². The number of likely N-dealkylation sites (tertiary alicyclic amines) is 1. The van der Waals surface area contributed by atoms with E-state index in [9.17, 15) is 5.11 Å². The zero-order valence-electron chi connectivity index (χ0n) is 12.6. The highest BCUT2D eigenvalue weighted by atomic mass is 16.3. The summed E-state index contributed by atoms with van der Waals surface area (Å²) < 4.78 is 0. The average molecular weight is 277 g/mol. The lowest BCUT2D eigenvalue weighted by Crippen LogP contribution is -2.40. The van der Waals surface area contributed by atoms with Gasteiger partial charge in [-0.1, -0.05) is 19.1 Å². The van der Waals surface area contributed by atoms with Crippen LogP contribution in [0.15, 0.2) is 24.3 Å². The average Bonchev–Trinajstić information content (AvgIpc) is 2.86. The Kier molecular flexibility index (Phi) is 5.40. The van der Waals surface area contributed by atoms with Crippen LogP contribution in [0.3, 0.4) is 0 Å². The molecule has 0 radical (unpaired) electrons. The van der Waals surface area contributed by atoms with Gasteiger partial charge in [-0.25, -0.2) is 0 Å². The maximum atomic E-state index is 10.3. The number of hydrogen-bond donors (Lipinski definition) is 2. The number of nitrogens with two attached hydrogens (primary N) is 1. The Labute approximate surface area is 122 Å². The van der Waals surface area contributed by atoms with Crippen LogP contribution in [0.1, 0.15) is 31.4 Å². The molecule has 2 unspecified atom stereocenters. The van der Waals surface area contributed by atoms with Gasteiger partial charge in [-0.15, -0.1) is 0 Å². The van der Waals surface area contributed by atoms with Crippen LogP contribution in [0.2, 0.25) is 0 Å². The second kappa shape index (κ2) is 7.07. The number of anilines is 1. The summed E-state index contributed by atoms with van der Waals surface area (Å²) in [6.07, 6.45) is 2.13. The van der Waals surface area contributed by atoms with Crippen molar-refractivity contribution in [1.82, 2.24) is 9.80 Å². The Bertz CT molecular complexity index is 407. The third-order valence-electron chi connectivity index (χ3n) is 4.23. The highest BCUT2D eigenvalue weighted by Crippen LogP contribution is 2.19. The number of rotatable bonds is 6. The van der Waals surface area contributed by atoms with E-state index in [0.717, 1.165) is 24.3 Å². The summed E-state index contributed by atoms with van der Waals surface area (Å²) in [4.78, 5) is 4.77. The molecule has 4 nitrogen and oxygen atoms in total. The number of aliphatic hydroxyl groups excluding tert-OH is 1. The van der Waals surface area contributed by atoms with Gasteiger partial charge in [-0.2, -0.15) is 0 Å². The summed E-state index contributed by atoms with van der Waals surface area (Å²) in [5, 5.41) is 10.3. The third kappa shape index (κ3) is 3.95. The molecule has 1 aromatic carbocycles. The molecule has 0 saturated carbocycles. The lowest BCUT2D eigenvalue weighted by molar-refractivity contribution is 0.109. The summed E-state index contributed by atoms with van der Waals surface area (Å²) >= 11 is 0. The van der Waals surface area contributed by atoms with Gasteiger partial charge in [0.05, 0.1) is 6.10 Å². The summed E-state index contributed by atoms with van der Waals surface area (Å²) in [5.41, 5.74) is 7.34. The number of hydrogen-bond acceptors (Lipinski definition) is 4. The SMILES string of the molecule is CCN1CCCC1CN(C)CC(O)c1ccc(N)cc1. The van der Waals surface area contributed by atoms with Crippen molar-refractivity contribution in [3.05, 3.63) is 29.8 Å². The van der Waals surface area contributed by atoms with E-state index in [1.165, 1.54) is 19.4 Å². The number of nitrogens with zero attached hydrogens (tertiary/aromatic N) is 2. The van der Waals surface area contributed by atoms with Crippen LogP contribution in [0.4, 0.5) is 5.69 Å². The minimum absolute atomic E-state index is 0.447. The molecule has 0 amide bonds.